The summed E-state index contributed by atoms with van der Waals surface area (Å²) in [7, 11) is 1.54. The average molecular weight is 353 g/mol. The third-order valence-electron chi connectivity index (χ3n) is 4.47. The van der Waals surface area contributed by atoms with Gasteiger partial charge in [0.05, 0.1) is 13.0 Å². The van der Waals surface area contributed by atoms with Gasteiger partial charge in [-0.2, -0.15) is 13.2 Å². The Balaban J connectivity index is 2.05. The molecule has 0 heterocycles. The number of carbonyl (C=O) groups is 1. The first-order valence-electron chi connectivity index (χ1n) is 8.20. The van der Waals surface area contributed by atoms with Gasteiger partial charge in [-0.3, -0.25) is 4.79 Å². The summed E-state index contributed by atoms with van der Waals surface area (Å²) < 4.78 is 43.5. The van der Waals surface area contributed by atoms with E-state index >= 15 is 0 Å². The Labute approximate surface area is 145 Å². The summed E-state index contributed by atoms with van der Waals surface area (Å²) in [5.74, 6) is -0.735. The summed E-state index contributed by atoms with van der Waals surface area (Å²) in [6.07, 6.45) is 2.26. The largest absolute Gasteiger partial charge is 0.496 e. The first kappa shape index (κ1) is 19.1. The lowest BCUT2D eigenvalue weighted by Gasteiger charge is -2.28. The van der Waals surface area contributed by atoms with Crippen LogP contribution in [0.3, 0.4) is 0 Å². The van der Waals surface area contributed by atoms with E-state index in [1.54, 1.807) is 25.3 Å². The zero-order valence-electron chi connectivity index (χ0n) is 14.1. The van der Waals surface area contributed by atoms with Gasteiger partial charge in [-0.05, 0) is 55.9 Å². The number of amides is 1. The second-order valence-electron chi connectivity index (χ2n) is 6.16. The number of anilines is 1. The summed E-state index contributed by atoms with van der Waals surface area (Å²) >= 11 is 0. The lowest BCUT2D eigenvalue weighted by atomic mass is 9.81. The lowest BCUT2D eigenvalue weighted by molar-refractivity contribution is -0.183. The highest BCUT2D eigenvalue weighted by Gasteiger charge is 2.40. The van der Waals surface area contributed by atoms with Gasteiger partial charge in [0.1, 0.15) is 5.75 Å². The molecule has 1 aliphatic rings. The number of halogens is 3. The fraction of sp³-hybridized carbons (Fsp3) is 0.421. The van der Waals surface area contributed by atoms with Gasteiger partial charge >= 0.3 is 6.18 Å². The third kappa shape index (κ3) is 5.37. The molecule has 0 aliphatic heterocycles. The number of methoxy groups -OCH3 is 1. The molecule has 1 fully saturated rings. The number of allylic oxidation sites excluding steroid dienone is 1. The van der Waals surface area contributed by atoms with Crippen LogP contribution in [0.2, 0.25) is 0 Å². The van der Waals surface area contributed by atoms with Crippen LogP contribution in [0.15, 0.2) is 36.9 Å². The van der Waals surface area contributed by atoms with E-state index in [4.69, 9.17) is 4.74 Å². The topological polar surface area (TPSA) is 38.3 Å². The molecule has 1 aromatic rings. The smallest absolute Gasteiger partial charge is 0.391 e. The molecule has 25 heavy (non-hydrogen) atoms. The average Bonchev–Trinajstić information content (AvgIpc) is 2.59. The molecule has 1 saturated carbocycles. The van der Waals surface area contributed by atoms with Gasteiger partial charge in [-0.1, -0.05) is 18.7 Å². The Morgan fingerprint density at radius 2 is 1.96 bits per heavy atom. The van der Waals surface area contributed by atoms with E-state index in [0.29, 0.717) is 24.3 Å². The molecule has 0 saturated heterocycles. The molecule has 0 atom stereocenters. The standard InChI is InChI=1S/C19H22F3NO2/c1-3-18(24)23-16-10-11-17(25-2)14(12-16)7-4-13-5-8-15(9-6-13)19(20,21)22/h3-4,7,10-13,15H,1,5-6,8-9H2,2H3,(H,23,24)/b7-4+/t13-,15-. The number of alkyl halides is 3. The molecular weight excluding hydrogens is 331 g/mol. The minimum atomic E-state index is -4.09. The molecule has 1 amide bonds. The van der Waals surface area contributed by atoms with Crippen LogP contribution in [0.5, 0.6) is 5.75 Å². The number of rotatable bonds is 5. The number of benzene rings is 1. The molecule has 0 bridgehead atoms. The van der Waals surface area contributed by atoms with E-state index in [1.807, 2.05) is 12.2 Å². The molecule has 0 radical (unpaired) electrons. The second-order valence-corrected chi connectivity index (χ2v) is 6.16. The van der Waals surface area contributed by atoms with Crippen molar-refractivity contribution in [3.8, 4) is 5.75 Å². The van der Waals surface area contributed by atoms with E-state index < -0.39 is 12.1 Å². The summed E-state index contributed by atoms with van der Waals surface area (Å²) in [6, 6.07) is 5.21. The van der Waals surface area contributed by atoms with Crippen LogP contribution in [0, 0.1) is 11.8 Å². The number of hydrogen-bond acceptors (Lipinski definition) is 2. The quantitative estimate of drug-likeness (QED) is 0.739. The lowest BCUT2D eigenvalue weighted by Crippen LogP contribution is -2.27. The molecule has 136 valence electrons. The highest BCUT2D eigenvalue weighted by atomic mass is 19.4. The Hall–Kier alpha value is -2.24. The molecule has 0 aromatic heterocycles. The van der Waals surface area contributed by atoms with Crippen molar-refractivity contribution in [3.63, 3.8) is 0 Å². The van der Waals surface area contributed by atoms with Crippen molar-refractivity contribution in [2.24, 2.45) is 11.8 Å². The minimum Gasteiger partial charge on any atom is -0.496 e. The van der Waals surface area contributed by atoms with Crippen LogP contribution >= 0.6 is 0 Å². The molecule has 2 rings (SSSR count). The fourth-order valence-electron chi connectivity index (χ4n) is 3.01. The van der Waals surface area contributed by atoms with Gasteiger partial charge in [0, 0.05) is 11.3 Å². The Morgan fingerprint density at radius 1 is 1.28 bits per heavy atom. The van der Waals surface area contributed by atoms with Crippen molar-refractivity contribution in [1.29, 1.82) is 0 Å². The van der Waals surface area contributed by atoms with E-state index in [0.717, 1.165) is 5.56 Å². The van der Waals surface area contributed by atoms with Crippen LogP contribution in [-0.4, -0.2) is 19.2 Å². The monoisotopic (exact) mass is 353 g/mol. The molecular formula is C19H22F3NO2. The highest BCUT2D eigenvalue weighted by Crippen LogP contribution is 2.40. The SMILES string of the molecule is C=CC(=O)Nc1ccc(OC)c(/C=C/[C@H]2CC[C@H](C(F)(F)F)CC2)c1. The van der Waals surface area contributed by atoms with Gasteiger partial charge in [0.25, 0.3) is 0 Å². The van der Waals surface area contributed by atoms with Gasteiger partial charge in [-0.25, -0.2) is 0 Å². The first-order chi connectivity index (χ1) is 11.8. The number of carbonyl (C=O) groups excluding carboxylic acids is 1. The van der Waals surface area contributed by atoms with Crippen LogP contribution in [-0.2, 0) is 4.79 Å². The zero-order chi connectivity index (χ0) is 18.4. The van der Waals surface area contributed by atoms with E-state index in [2.05, 4.69) is 11.9 Å². The van der Waals surface area contributed by atoms with Gasteiger partial charge in [0.15, 0.2) is 0 Å². The van der Waals surface area contributed by atoms with E-state index in [1.165, 1.54) is 6.08 Å². The van der Waals surface area contributed by atoms with Crippen molar-refractivity contribution < 1.29 is 22.7 Å². The maximum Gasteiger partial charge on any atom is 0.391 e. The predicted octanol–water partition coefficient (Wildman–Crippen LogP) is 5.20. The van der Waals surface area contributed by atoms with Crippen molar-refractivity contribution in [2.75, 3.05) is 12.4 Å². The molecule has 1 N–H and O–H groups in total. The number of ether oxygens (including phenoxy) is 1. The highest BCUT2D eigenvalue weighted by molar-refractivity contribution is 5.99. The molecule has 1 aromatic carbocycles. The number of nitrogens with one attached hydrogen (secondary N) is 1. The Kier molecular flexibility index (Phi) is 6.28. The Bertz CT molecular complexity index is 645. The fourth-order valence-corrected chi connectivity index (χ4v) is 3.01. The maximum absolute atomic E-state index is 12.7. The third-order valence-corrected chi connectivity index (χ3v) is 4.47. The van der Waals surface area contributed by atoms with Crippen molar-refractivity contribution in [1.82, 2.24) is 0 Å². The molecule has 1 aliphatic carbocycles. The van der Waals surface area contributed by atoms with Crippen LogP contribution in [0.1, 0.15) is 31.2 Å². The van der Waals surface area contributed by atoms with Crippen molar-refractivity contribution in [3.05, 3.63) is 42.5 Å². The zero-order valence-corrected chi connectivity index (χ0v) is 14.1. The summed E-state index contributed by atoms with van der Waals surface area (Å²) in [4.78, 5) is 11.4. The minimum absolute atomic E-state index is 0.120. The van der Waals surface area contributed by atoms with Crippen LogP contribution < -0.4 is 10.1 Å². The van der Waals surface area contributed by atoms with E-state index in [-0.39, 0.29) is 24.7 Å². The van der Waals surface area contributed by atoms with Gasteiger partial charge < -0.3 is 10.1 Å². The van der Waals surface area contributed by atoms with Crippen LogP contribution in [0.25, 0.3) is 6.08 Å². The molecule has 0 unspecified atom stereocenters. The predicted molar refractivity (Wildman–Crippen MR) is 92.4 cm³/mol. The van der Waals surface area contributed by atoms with Crippen LogP contribution in [0.4, 0.5) is 18.9 Å². The summed E-state index contributed by atoms with van der Waals surface area (Å²) in [5.41, 5.74) is 1.37. The van der Waals surface area contributed by atoms with Crippen molar-refractivity contribution >= 4 is 17.7 Å². The molecule has 0 spiro atoms. The number of hydrogen-bond donors (Lipinski definition) is 1. The molecule has 3 nitrogen and oxygen atoms in total. The second kappa shape index (κ2) is 8.23. The maximum atomic E-state index is 12.7. The van der Waals surface area contributed by atoms with Gasteiger partial charge in [-0.15, -0.1) is 0 Å². The van der Waals surface area contributed by atoms with E-state index in [9.17, 15) is 18.0 Å². The first-order valence-corrected chi connectivity index (χ1v) is 8.20. The normalized spacial score (nSPS) is 21.1. The summed E-state index contributed by atoms with van der Waals surface area (Å²) in [5, 5.41) is 2.67. The van der Waals surface area contributed by atoms with Gasteiger partial charge in [0.2, 0.25) is 5.91 Å². The summed E-state index contributed by atoms with van der Waals surface area (Å²) in [6.45, 7) is 3.40. The van der Waals surface area contributed by atoms with Crippen molar-refractivity contribution in [2.45, 2.75) is 31.9 Å². The Morgan fingerprint density at radius 3 is 2.52 bits per heavy atom. The molecule has 6 heteroatoms.